The van der Waals surface area contributed by atoms with Crippen molar-refractivity contribution in [2.75, 3.05) is 33.5 Å². The Hall–Kier alpha value is -1.63. The predicted octanol–water partition coefficient (Wildman–Crippen LogP) is 3.36. The monoisotopic (exact) mass is 359 g/mol. The van der Waals surface area contributed by atoms with Gasteiger partial charge in [-0.15, -0.1) is 11.3 Å². The number of benzene rings is 1. The molecule has 0 unspecified atom stereocenters. The third kappa shape index (κ3) is 4.14. The summed E-state index contributed by atoms with van der Waals surface area (Å²) in [5.41, 5.74) is 2.20. The Balaban J connectivity index is 1.26. The molecule has 0 spiro atoms. The fourth-order valence-corrected chi connectivity index (χ4v) is 4.24. The molecule has 2 aliphatic heterocycles. The second kappa shape index (κ2) is 7.72. The van der Waals surface area contributed by atoms with Gasteiger partial charge in [0, 0.05) is 17.5 Å². The third-order valence-electron chi connectivity index (χ3n) is 5.04. The van der Waals surface area contributed by atoms with Gasteiger partial charge in [0.05, 0.1) is 5.69 Å². The highest BCUT2D eigenvalue weighted by Gasteiger charge is 2.17. The van der Waals surface area contributed by atoms with Crippen LogP contribution in [0.25, 0.3) is 10.6 Å². The van der Waals surface area contributed by atoms with Gasteiger partial charge in [0.2, 0.25) is 6.79 Å². The number of hydrogen-bond donors (Lipinski definition) is 1. The lowest BCUT2D eigenvalue weighted by molar-refractivity contribution is 0.174. The molecule has 2 aliphatic rings. The Morgan fingerprint density at radius 3 is 2.96 bits per heavy atom. The van der Waals surface area contributed by atoms with Crippen molar-refractivity contribution in [1.82, 2.24) is 15.2 Å². The molecule has 2 aromatic rings. The minimum atomic E-state index is 0.309. The summed E-state index contributed by atoms with van der Waals surface area (Å²) in [7, 11) is 2.22. The van der Waals surface area contributed by atoms with Crippen LogP contribution in [0.1, 0.15) is 25.0 Å². The normalized spacial score (nSPS) is 18.0. The molecule has 0 amide bonds. The number of aromatic nitrogens is 1. The molecule has 0 saturated carbocycles. The Morgan fingerprint density at radius 2 is 2.08 bits per heavy atom. The van der Waals surface area contributed by atoms with Gasteiger partial charge in [-0.1, -0.05) is 0 Å². The molecule has 25 heavy (non-hydrogen) atoms. The molecule has 0 bridgehead atoms. The molecule has 6 heteroatoms. The summed E-state index contributed by atoms with van der Waals surface area (Å²) in [6.07, 6.45) is 3.94. The van der Waals surface area contributed by atoms with Crippen molar-refractivity contribution in [3.05, 3.63) is 29.3 Å². The maximum atomic E-state index is 5.45. The highest BCUT2D eigenvalue weighted by molar-refractivity contribution is 7.13. The fraction of sp³-hybridized carbons (Fsp3) is 0.526. The van der Waals surface area contributed by atoms with Gasteiger partial charge < -0.3 is 19.7 Å². The summed E-state index contributed by atoms with van der Waals surface area (Å²) < 4.78 is 10.8. The quantitative estimate of drug-likeness (QED) is 0.802. The second-order valence-corrected chi connectivity index (χ2v) is 7.78. The van der Waals surface area contributed by atoms with Crippen molar-refractivity contribution >= 4 is 11.3 Å². The molecule has 1 saturated heterocycles. The summed E-state index contributed by atoms with van der Waals surface area (Å²) in [6.45, 7) is 4.72. The van der Waals surface area contributed by atoms with E-state index < -0.39 is 0 Å². The first-order valence-electron chi connectivity index (χ1n) is 9.01. The number of rotatable bonds is 6. The van der Waals surface area contributed by atoms with Crippen LogP contribution in [0, 0.1) is 5.92 Å². The minimum Gasteiger partial charge on any atom is -0.454 e. The smallest absolute Gasteiger partial charge is 0.231 e. The van der Waals surface area contributed by atoms with Gasteiger partial charge in [-0.05, 0) is 70.1 Å². The molecule has 1 aromatic carbocycles. The second-order valence-electron chi connectivity index (χ2n) is 6.92. The molecule has 5 nitrogen and oxygen atoms in total. The molecule has 0 aliphatic carbocycles. The highest BCUT2D eigenvalue weighted by atomic mass is 32.1. The lowest BCUT2D eigenvalue weighted by Crippen LogP contribution is -2.31. The number of piperidine rings is 1. The van der Waals surface area contributed by atoms with E-state index >= 15 is 0 Å². The Kier molecular flexibility index (Phi) is 5.20. The lowest BCUT2D eigenvalue weighted by Gasteiger charge is -2.28. The van der Waals surface area contributed by atoms with Gasteiger partial charge in [-0.2, -0.15) is 0 Å². The third-order valence-corrected chi connectivity index (χ3v) is 5.99. The van der Waals surface area contributed by atoms with Crippen LogP contribution in [0.15, 0.2) is 23.6 Å². The van der Waals surface area contributed by atoms with Crippen LogP contribution in [0.4, 0.5) is 0 Å². The van der Waals surface area contributed by atoms with Gasteiger partial charge in [0.25, 0.3) is 0 Å². The summed E-state index contributed by atoms with van der Waals surface area (Å²) >= 11 is 1.68. The van der Waals surface area contributed by atoms with E-state index in [2.05, 4.69) is 22.6 Å². The van der Waals surface area contributed by atoms with E-state index in [0.717, 1.165) is 46.8 Å². The van der Waals surface area contributed by atoms with Crippen LogP contribution in [0.5, 0.6) is 11.5 Å². The number of hydrogen-bond acceptors (Lipinski definition) is 6. The van der Waals surface area contributed by atoms with Gasteiger partial charge in [-0.25, -0.2) is 4.98 Å². The van der Waals surface area contributed by atoms with E-state index in [-0.39, 0.29) is 0 Å². The number of likely N-dealkylation sites (tertiary alicyclic amines) is 1. The maximum absolute atomic E-state index is 5.45. The van der Waals surface area contributed by atoms with Gasteiger partial charge in [0.1, 0.15) is 5.01 Å². The number of nitrogens with one attached hydrogen (secondary N) is 1. The molecular formula is C19H25N3O2S. The first kappa shape index (κ1) is 16.8. The van der Waals surface area contributed by atoms with Crippen molar-refractivity contribution in [2.24, 2.45) is 5.92 Å². The molecule has 0 radical (unpaired) electrons. The topological polar surface area (TPSA) is 46.6 Å². The summed E-state index contributed by atoms with van der Waals surface area (Å²) in [5.74, 6) is 2.50. The number of ether oxygens (including phenoxy) is 2. The van der Waals surface area contributed by atoms with Crippen LogP contribution in [-0.4, -0.2) is 43.4 Å². The highest BCUT2D eigenvalue weighted by Crippen LogP contribution is 2.36. The minimum absolute atomic E-state index is 0.309. The van der Waals surface area contributed by atoms with Crippen molar-refractivity contribution < 1.29 is 9.47 Å². The molecule has 0 atom stereocenters. The molecule has 134 valence electrons. The standard InChI is InChI=1S/C19H25N3O2S/c1-22-8-5-14(6-9-22)4-7-20-11-16-12-25-19(21-16)15-2-3-17-18(10-15)24-13-23-17/h2-3,10,12,14,20H,4-9,11,13H2,1H3. The molecular weight excluding hydrogens is 334 g/mol. The van der Waals surface area contributed by atoms with Crippen LogP contribution in [0.2, 0.25) is 0 Å². The van der Waals surface area contributed by atoms with E-state index in [1.54, 1.807) is 11.3 Å². The van der Waals surface area contributed by atoms with Crippen LogP contribution in [-0.2, 0) is 6.54 Å². The Labute approximate surface area is 153 Å². The molecule has 1 aromatic heterocycles. The summed E-state index contributed by atoms with van der Waals surface area (Å²) in [6, 6.07) is 6.01. The van der Waals surface area contributed by atoms with E-state index in [0.29, 0.717) is 6.79 Å². The van der Waals surface area contributed by atoms with E-state index in [1.807, 2.05) is 18.2 Å². The summed E-state index contributed by atoms with van der Waals surface area (Å²) in [5, 5.41) is 6.73. The lowest BCUT2D eigenvalue weighted by atomic mass is 9.94. The van der Waals surface area contributed by atoms with Crippen LogP contribution < -0.4 is 14.8 Å². The largest absolute Gasteiger partial charge is 0.454 e. The summed E-state index contributed by atoms with van der Waals surface area (Å²) in [4.78, 5) is 7.18. The van der Waals surface area contributed by atoms with E-state index in [1.165, 1.54) is 32.4 Å². The van der Waals surface area contributed by atoms with Crippen molar-refractivity contribution in [1.29, 1.82) is 0 Å². The van der Waals surface area contributed by atoms with E-state index in [9.17, 15) is 0 Å². The SMILES string of the molecule is CN1CCC(CCNCc2csc(-c3ccc4c(c3)OCO4)n2)CC1. The van der Waals surface area contributed by atoms with E-state index in [4.69, 9.17) is 14.5 Å². The molecule has 3 heterocycles. The fourth-order valence-electron chi connectivity index (χ4n) is 3.42. The van der Waals surface area contributed by atoms with Crippen LogP contribution >= 0.6 is 11.3 Å². The molecule has 1 N–H and O–H groups in total. The average molecular weight is 359 g/mol. The number of thiazole rings is 1. The van der Waals surface area contributed by atoms with Crippen LogP contribution in [0.3, 0.4) is 0 Å². The zero-order valence-corrected chi connectivity index (χ0v) is 15.5. The number of nitrogens with zero attached hydrogens (tertiary/aromatic N) is 2. The molecule has 1 fully saturated rings. The average Bonchev–Trinajstić information content (AvgIpc) is 3.29. The van der Waals surface area contributed by atoms with Gasteiger partial charge in [0.15, 0.2) is 11.5 Å². The Morgan fingerprint density at radius 1 is 1.24 bits per heavy atom. The number of fused-ring (bicyclic) bond motifs is 1. The van der Waals surface area contributed by atoms with Crippen molar-refractivity contribution in [3.8, 4) is 22.1 Å². The Bertz CT molecular complexity index is 710. The van der Waals surface area contributed by atoms with Gasteiger partial charge in [-0.3, -0.25) is 0 Å². The molecule has 4 rings (SSSR count). The predicted molar refractivity (Wildman–Crippen MR) is 100 cm³/mol. The van der Waals surface area contributed by atoms with Crippen molar-refractivity contribution in [2.45, 2.75) is 25.8 Å². The zero-order valence-electron chi connectivity index (χ0n) is 14.7. The van der Waals surface area contributed by atoms with Gasteiger partial charge >= 0.3 is 0 Å². The zero-order chi connectivity index (χ0) is 17.1. The maximum Gasteiger partial charge on any atom is 0.231 e. The van der Waals surface area contributed by atoms with Crippen molar-refractivity contribution in [3.63, 3.8) is 0 Å². The first-order chi connectivity index (χ1) is 12.3. The first-order valence-corrected chi connectivity index (χ1v) is 9.89.